The molecule has 4 heteroatoms. The van der Waals surface area contributed by atoms with Crippen LogP contribution in [0, 0.1) is 17.1 Å². The molecular weight excluding hydrogens is 219 g/mol. The van der Waals surface area contributed by atoms with E-state index in [4.69, 9.17) is 10.00 Å². The molecule has 0 aliphatic heterocycles. The van der Waals surface area contributed by atoms with Crippen molar-refractivity contribution in [3.05, 3.63) is 47.9 Å². The van der Waals surface area contributed by atoms with Crippen LogP contribution in [0.15, 0.2) is 36.5 Å². The van der Waals surface area contributed by atoms with Crippen molar-refractivity contribution in [2.45, 2.75) is 0 Å². The monoisotopic (exact) mass is 228 g/mol. The first-order valence-electron chi connectivity index (χ1n) is 4.95. The number of pyridine rings is 1. The summed E-state index contributed by atoms with van der Waals surface area (Å²) in [6.45, 7) is 0. The predicted molar refractivity (Wildman–Crippen MR) is 60.9 cm³/mol. The van der Waals surface area contributed by atoms with Crippen LogP contribution in [0.4, 0.5) is 4.39 Å². The highest BCUT2D eigenvalue weighted by Crippen LogP contribution is 2.25. The average molecular weight is 228 g/mol. The average Bonchev–Trinajstić information content (AvgIpc) is 2.38. The van der Waals surface area contributed by atoms with Gasteiger partial charge in [0, 0.05) is 5.56 Å². The summed E-state index contributed by atoms with van der Waals surface area (Å²) in [5.74, 6) is 0.0154. The Morgan fingerprint density at radius 2 is 2.12 bits per heavy atom. The van der Waals surface area contributed by atoms with Crippen LogP contribution in [0.5, 0.6) is 5.75 Å². The van der Waals surface area contributed by atoms with Gasteiger partial charge in [-0.25, -0.2) is 4.39 Å². The topological polar surface area (TPSA) is 45.9 Å². The molecule has 2 aromatic rings. The third kappa shape index (κ3) is 2.08. The molecule has 0 radical (unpaired) electrons. The molecule has 1 aromatic heterocycles. The fourth-order valence-corrected chi connectivity index (χ4v) is 1.51. The van der Waals surface area contributed by atoms with Gasteiger partial charge in [0.05, 0.1) is 24.6 Å². The SMILES string of the molecule is COc1cnc(-c2ccccc2F)cc1C#N. The Balaban J connectivity index is 2.55. The van der Waals surface area contributed by atoms with Crippen molar-refractivity contribution < 1.29 is 9.13 Å². The van der Waals surface area contributed by atoms with Crippen molar-refractivity contribution in [3.8, 4) is 23.1 Å². The number of benzene rings is 1. The zero-order chi connectivity index (χ0) is 12.3. The quantitative estimate of drug-likeness (QED) is 0.793. The summed E-state index contributed by atoms with van der Waals surface area (Å²) in [5.41, 5.74) is 1.12. The van der Waals surface area contributed by atoms with Gasteiger partial charge in [-0.2, -0.15) is 5.26 Å². The molecule has 0 unspecified atom stereocenters. The summed E-state index contributed by atoms with van der Waals surface area (Å²) in [7, 11) is 1.46. The van der Waals surface area contributed by atoms with Crippen LogP contribution < -0.4 is 4.74 Å². The fraction of sp³-hybridized carbons (Fsp3) is 0.0769. The van der Waals surface area contributed by atoms with Crippen molar-refractivity contribution in [3.63, 3.8) is 0 Å². The third-order valence-electron chi connectivity index (χ3n) is 2.36. The molecule has 0 aliphatic carbocycles. The van der Waals surface area contributed by atoms with E-state index in [1.165, 1.54) is 25.4 Å². The summed E-state index contributed by atoms with van der Waals surface area (Å²) >= 11 is 0. The Bertz CT molecular complexity index is 590. The van der Waals surface area contributed by atoms with Crippen LogP contribution >= 0.6 is 0 Å². The molecule has 0 fully saturated rings. The molecule has 1 heterocycles. The molecule has 2 rings (SSSR count). The highest BCUT2D eigenvalue weighted by Gasteiger charge is 2.09. The number of rotatable bonds is 2. The molecule has 0 N–H and O–H groups in total. The number of hydrogen-bond donors (Lipinski definition) is 0. The van der Waals surface area contributed by atoms with Gasteiger partial charge in [0.2, 0.25) is 0 Å². The second-order valence-electron chi connectivity index (χ2n) is 3.36. The summed E-state index contributed by atoms with van der Waals surface area (Å²) in [4.78, 5) is 4.07. The first-order valence-corrected chi connectivity index (χ1v) is 4.95. The van der Waals surface area contributed by atoms with E-state index in [0.29, 0.717) is 22.6 Å². The van der Waals surface area contributed by atoms with Crippen molar-refractivity contribution in [2.24, 2.45) is 0 Å². The van der Waals surface area contributed by atoms with Gasteiger partial charge < -0.3 is 4.74 Å². The van der Waals surface area contributed by atoms with E-state index in [2.05, 4.69) is 4.98 Å². The van der Waals surface area contributed by atoms with Gasteiger partial charge in [-0.3, -0.25) is 4.98 Å². The predicted octanol–water partition coefficient (Wildman–Crippen LogP) is 2.77. The van der Waals surface area contributed by atoms with Gasteiger partial charge in [0.15, 0.2) is 5.75 Å². The largest absolute Gasteiger partial charge is 0.494 e. The second kappa shape index (κ2) is 4.62. The van der Waals surface area contributed by atoms with Crippen molar-refractivity contribution in [1.29, 1.82) is 5.26 Å². The normalized spacial score (nSPS) is 9.71. The zero-order valence-corrected chi connectivity index (χ0v) is 9.14. The number of ether oxygens (including phenoxy) is 1. The van der Waals surface area contributed by atoms with Crippen LogP contribution in [0.1, 0.15) is 5.56 Å². The number of halogens is 1. The van der Waals surface area contributed by atoms with Crippen LogP contribution in [0.25, 0.3) is 11.3 Å². The Morgan fingerprint density at radius 3 is 2.76 bits per heavy atom. The Labute approximate surface area is 98.1 Å². The van der Waals surface area contributed by atoms with E-state index < -0.39 is 0 Å². The van der Waals surface area contributed by atoms with Gasteiger partial charge in [0.25, 0.3) is 0 Å². The fourth-order valence-electron chi connectivity index (χ4n) is 1.51. The molecule has 3 nitrogen and oxygen atoms in total. The lowest BCUT2D eigenvalue weighted by atomic mass is 10.1. The smallest absolute Gasteiger partial charge is 0.154 e. The van der Waals surface area contributed by atoms with Gasteiger partial charge in [-0.05, 0) is 18.2 Å². The molecule has 84 valence electrons. The maximum atomic E-state index is 13.5. The molecule has 0 atom stereocenters. The lowest BCUT2D eigenvalue weighted by molar-refractivity contribution is 0.411. The summed E-state index contributed by atoms with van der Waals surface area (Å²) in [5, 5.41) is 8.94. The van der Waals surface area contributed by atoms with E-state index in [1.807, 2.05) is 6.07 Å². The highest BCUT2D eigenvalue weighted by molar-refractivity contribution is 5.63. The van der Waals surface area contributed by atoms with E-state index in [-0.39, 0.29) is 5.82 Å². The lowest BCUT2D eigenvalue weighted by Gasteiger charge is -2.05. The van der Waals surface area contributed by atoms with Crippen LogP contribution in [-0.4, -0.2) is 12.1 Å². The Morgan fingerprint density at radius 1 is 1.35 bits per heavy atom. The van der Waals surface area contributed by atoms with E-state index in [1.54, 1.807) is 18.2 Å². The van der Waals surface area contributed by atoms with Gasteiger partial charge in [-0.15, -0.1) is 0 Å². The molecule has 17 heavy (non-hydrogen) atoms. The number of methoxy groups -OCH3 is 1. The molecule has 0 bridgehead atoms. The number of hydrogen-bond acceptors (Lipinski definition) is 3. The first-order chi connectivity index (χ1) is 8.26. The van der Waals surface area contributed by atoms with Crippen molar-refractivity contribution >= 4 is 0 Å². The van der Waals surface area contributed by atoms with Crippen LogP contribution in [-0.2, 0) is 0 Å². The Kier molecular flexibility index (Phi) is 3.01. The van der Waals surface area contributed by atoms with Gasteiger partial charge in [-0.1, -0.05) is 12.1 Å². The van der Waals surface area contributed by atoms with Crippen molar-refractivity contribution in [2.75, 3.05) is 7.11 Å². The van der Waals surface area contributed by atoms with Gasteiger partial charge >= 0.3 is 0 Å². The van der Waals surface area contributed by atoms with E-state index in [0.717, 1.165) is 0 Å². The summed E-state index contributed by atoms with van der Waals surface area (Å²) < 4.78 is 18.5. The highest BCUT2D eigenvalue weighted by atomic mass is 19.1. The van der Waals surface area contributed by atoms with Gasteiger partial charge in [0.1, 0.15) is 11.9 Å². The Hall–Kier alpha value is -2.41. The lowest BCUT2D eigenvalue weighted by Crippen LogP contribution is -1.93. The minimum Gasteiger partial charge on any atom is -0.494 e. The first kappa shape index (κ1) is 11.1. The molecule has 1 aromatic carbocycles. The molecule has 0 aliphatic rings. The molecule has 0 amide bonds. The zero-order valence-electron chi connectivity index (χ0n) is 9.14. The molecule has 0 saturated carbocycles. The van der Waals surface area contributed by atoms with E-state index in [9.17, 15) is 4.39 Å². The molecule has 0 spiro atoms. The van der Waals surface area contributed by atoms with Crippen LogP contribution in [0.2, 0.25) is 0 Å². The minimum atomic E-state index is -0.367. The van der Waals surface area contributed by atoms with Crippen molar-refractivity contribution in [1.82, 2.24) is 4.98 Å². The summed E-state index contributed by atoms with van der Waals surface area (Å²) in [6.07, 6.45) is 1.42. The molecule has 0 saturated heterocycles. The number of nitrogens with zero attached hydrogens (tertiary/aromatic N) is 2. The molecular formula is C13H9FN2O. The minimum absolute atomic E-state index is 0.334. The third-order valence-corrected chi connectivity index (χ3v) is 2.36. The second-order valence-corrected chi connectivity index (χ2v) is 3.36. The van der Waals surface area contributed by atoms with E-state index >= 15 is 0 Å². The summed E-state index contributed by atoms with van der Waals surface area (Å²) in [6, 6.07) is 9.79. The number of nitriles is 1. The maximum Gasteiger partial charge on any atom is 0.154 e. The standard InChI is InChI=1S/C13H9FN2O/c1-17-13-8-16-12(6-9(13)7-15)10-4-2-3-5-11(10)14/h2-6,8H,1H3. The van der Waals surface area contributed by atoms with Crippen LogP contribution in [0.3, 0.4) is 0 Å². The number of aromatic nitrogens is 1. The maximum absolute atomic E-state index is 13.5.